The fraction of sp³-hybridized carbons (Fsp3) is 0.562. The number of nitrogens with two attached hydrogens (primary N) is 1. The van der Waals surface area contributed by atoms with E-state index in [1.165, 1.54) is 0 Å². The van der Waals surface area contributed by atoms with Crippen molar-refractivity contribution in [1.29, 1.82) is 0 Å². The van der Waals surface area contributed by atoms with Crippen molar-refractivity contribution in [3.05, 3.63) is 28.8 Å². The fourth-order valence-electron chi connectivity index (χ4n) is 2.82. The van der Waals surface area contributed by atoms with E-state index in [1.807, 2.05) is 6.07 Å². The number of piperidine rings is 1. The monoisotopic (exact) mass is 309 g/mol. The van der Waals surface area contributed by atoms with Crippen molar-refractivity contribution in [2.45, 2.75) is 32.7 Å². The summed E-state index contributed by atoms with van der Waals surface area (Å²) in [5.74, 6) is 0.242. The first-order chi connectivity index (χ1) is 10.1. The molecular weight excluding hydrogens is 286 g/mol. The minimum Gasteiger partial charge on any atom is -0.371 e. The maximum absolute atomic E-state index is 11.0. The summed E-state index contributed by atoms with van der Waals surface area (Å²) in [7, 11) is 0. The standard InChI is InChI=1S/C16H24ClN3O/c1-2-19-11-13-3-4-14(10-15(13)17)20-7-5-12(6-8-20)9-16(18)21/h3-4,10,12,19H,2,5-9,11H2,1H3,(H2,18,21). The number of nitrogens with one attached hydrogen (secondary N) is 1. The molecule has 0 spiro atoms. The van der Waals surface area contributed by atoms with Gasteiger partial charge in [0.15, 0.2) is 0 Å². The molecule has 1 aromatic rings. The van der Waals surface area contributed by atoms with Crippen LogP contribution in [0.3, 0.4) is 0 Å². The summed E-state index contributed by atoms with van der Waals surface area (Å²) in [5.41, 5.74) is 7.56. The van der Waals surface area contributed by atoms with Gasteiger partial charge in [0, 0.05) is 36.8 Å². The van der Waals surface area contributed by atoms with Gasteiger partial charge in [0.2, 0.25) is 5.91 Å². The van der Waals surface area contributed by atoms with Crippen LogP contribution in [0.25, 0.3) is 0 Å². The zero-order valence-corrected chi connectivity index (χ0v) is 13.3. The number of amides is 1. The molecule has 1 aliphatic rings. The van der Waals surface area contributed by atoms with Gasteiger partial charge in [-0.05, 0) is 43.0 Å². The summed E-state index contributed by atoms with van der Waals surface area (Å²) in [5, 5.41) is 4.10. The molecule has 21 heavy (non-hydrogen) atoms. The second-order valence-electron chi connectivity index (χ2n) is 5.66. The van der Waals surface area contributed by atoms with Crippen molar-refractivity contribution >= 4 is 23.2 Å². The molecule has 5 heteroatoms. The number of primary amides is 1. The molecule has 1 aromatic carbocycles. The first kappa shape index (κ1) is 16.1. The maximum atomic E-state index is 11.0. The summed E-state index contributed by atoms with van der Waals surface area (Å²) in [6.45, 7) is 5.74. The highest BCUT2D eigenvalue weighted by Crippen LogP contribution is 2.28. The Kier molecular flexibility index (Phi) is 5.88. The minimum atomic E-state index is -0.190. The highest BCUT2D eigenvalue weighted by Gasteiger charge is 2.21. The Hall–Kier alpha value is -1.26. The Balaban J connectivity index is 1.94. The Morgan fingerprint density at radius 2 is 2.14 bits per heavy atom. The first-order valence-corrected chi connectivity index (χ1v) is 8.00. The second kappa shape index (κ2) is 7.66. The Bertz CT molecular complexity index is 484. The summed E-state index contributed by atoms with van der Waals surface area (Å²) in [6.07, 6.45) is 2.54. The van der Waals surface area contributed by atoms with E-state index in [2.05, 4.69) is 29.3 Å². The van der Waals surface area contributed by atoms with E-state index in [4.69, 9.17) is 17.3 Å². The van der Waals surface area contributed by atoms with Gasteiger partial charge in [-0.1, -0.05) is 24.6 Å². The van der Waals surface area contributed by atoms with E-state index in [9.17, 15) is 4.79 Å². The van der Waals surface area contributed by atoms with Gasteiger partial charge in [0.05, 0.1) is 0 Å². The maximum Gasteiger partial charge on any atom is 0.217 e. The summed E-state index contributed by atoms with van der Waals surface area (Å²) in [6, 6.07) is 6.27. The molecule has 1 aliphatic heterocycles. The van der Waals surface area contributed by atoms with Gasteiger partial charge in [-0.25, -0.2) is 0 Å². The van der Waals surface area contributed by atoms with Gasteiger partial charge < -0.3 is 16.0 Å². The number of rotatable bonds is 6. The molecule has 3 N–H and O–H groups in total. The van der Waals surface area contributed by atoms with E-state index in [1.54, 1.807) is 0 Å². The van der Waals surface area contributed by atoms with Crippen molar-refractivity contribution in [2.75, 3.05) is 24.5 Å². The average molecular weight is 310 g/mol. The number of nitrogens with zero attached hydrogens (tertiary/aromatic N) is 1. The Morgan fingerprint density at radius 3 is 2.71 bits per heavy atom. The van der Waals surface area contributed by atoms with Crippen LogP contribution >= 0.6 is 11.6 Å². The third kappa shape index (κ3) is 4.61. The molecule has 0 aliphatic carbocycles. The lowest BCUT2D eigenvalue weighted by atomic mass is 9.93. The van der Waals surface area contributed by atoms with E-state index in [-0.39, 0.29) is 5.91 Å². The van der Waals surface area contributed by atoms with Crippen LogP contribution in [0.4, 0.5) is 5.69 Å². The fourth-order valence-corrected chi connectivity index (χ4v) is 3.06. The highest BCUT2D eigenvalue weighted by atomic mass is 35.5. The van der Waals surface area contributed by atoms with E-state index < -0.39 is 0 Å². The SMILES string of the molecule is CCNCc1ccc(N2CCC(CC(N)=O)CC2)cc1Cl. The van der Waals surface area contributed by atoms with Crippen molar-refractivity contribution in [1.82, 2.24) is 5.32 Å². The normalized spacial score (nSPS) is 16.2. The van der Waals surface area contributed by atoms with Crippen LogP contribution in [0.1, 0.15) is 31.7 Å². The molecule has 0 saturated carbocycles. The van der Waals surface area contributed by atoms with Gasteiger partial charge in [-0.3, -0.25) is 4.79 Å². The number of anilines is 1. The topological polar surface area (TPSA) is 58.4 Å². The van der Waals surface area contributed by atoms with Gasteiger partial charge in [-0.2, -0.15) is 0 Å². The number of halogens is 1. The molecule has 1 amide bonds. The van der Waals surface area contributed by atoms with Gasteiger partial charge >= 0.3 is 0 Å². The van der Waals surface area contributed by atoms with Crippen molar-refractivity contribution in [2.24, 2.45) is 11.7 Å². The first-order valence-electron chi connectivity index (χ1n) is 7.62. The number of carbonyl (C=O) groups excluding carboxylic acids is 1. The molecule has 0 atom stereocenters. The van der Waals surface area contributed by atoms with E-state index >= 15 is 0 Å². The number of hydrogen-bond acceptors (Lipinski definition) is 3. The number of carbonyl (C=O) groups is 1. The smallest absolute Gasteiger partial charge is 0.217 e. The molecule has 0 aromatic heterocycles. The molecule has 1 fully saturated rings. The van der Waals surface area contributed by atoms with Crippen LogP contribution in [-0.4, -0.2) is 25.5 Å². The molecule has 1 saturated heterocycles. The molecule has 2 rings (SSSR count). The molecule has 0 radical (unpaired) electrons. The third-order valence-corrected chi connectivity index (χ3v) is 4.42. The average Bonchev–Trinajstić information content (AvgIpc) is 2.46. The molecule has 0 unspecified atom stereocenters. The summed E-state index contributed by atoms with van der Waals surface area (Å²) in [4.78, 5) is 13.3. The molecule has 116 valence electrons. The predicted molar refractivity (Wildman–Crippen MR) is 87.6 cm³/mol. The van der Waals surface area contributed by atoms with Gasteiger partial charge in [0.1, 0.15) is 0 Å². The Labute approximate surface area is 131 Å². The zero-order chi connectivity index (χ0) is 15.2. The van der Waals surface area contributed by atoms with Gasteiger partial charge in [0.25, 0.3) is 0 Å². The summed E-state index contributed by atoms with van der Waals surface area (Å²) >= 11 is 6.35. The van der Waals surface area contributed by atoms with Crippen LogP contribution < -0.4 is 16.0 Å². The second-order valence-corrected chi connectivity index (χ2v) is 6.06. The molecular formula is C16H24ClN3O. The van der Waals surface area contributed by atoms with Crippen LogP contribution in [-0.2, 0) is 11.3 Å². The largest absolute Gasteiger partial charge is 0.371 e. The van der Waals surface area contributed by atoms with Crippen LogP contribution in [0.15, 0.2) is 18.2 Å². The lowest BCUT2D eigenvalue weighted by Crippen LogP contribution is -2.35. The highest BCUT2D eigenvalue weighted by molar-refractivity contribution is 6.31. The summed E-state index contributed by atoms with van der Waals surface area (Å²) < 4.78 is 0. The molecule has 0 bridgehead atoms. The molecule has 4 nitrogen and oxygen atoms in total. The van der Waals surface area contributed by atoms with Crippen LogP contribution in [0, 0.1) is 5.92 Å². The van der Waals surface area contributed by atoms with Crippen LogP contribution in [0.5, 0.6) is 0 Å². The Morgan fingerprint density at radius 1 is 1.43 bits per heavy atom. The molecule has 1 heterocycles. The lowest BCUT2D eigenvalue weighted by Gasteiger charge is -2.33. The van der Waals surface area contributed by atoms with Crippen LogP contribution in [0.2, 0.25) is 5.02 Å². The third-order valence-electron chi connectivity index (χ3n) is 4.07. The van der Waals surface area contributed by atoms with Crippen molar-refractivity contribution in [3.63, 3.8) is 0 Å². The predicted octanol–water partition coefficient (Wildman–Crippen LogP) is 2.54. The lowest BCUT2D eigenvalue weighted by molar-refractivity contribution is -0.119. The van der Waals surface area contributed by atoms with Gasteiger partial charge in [-0.15, -0.1) is 0 Å². The van der Waals surface area contributed by atoms with Crippen molar-refractivity contribution in [3.8, 4) is 0 Å². The zero-order valence-electron chi connectivity index (χ0n) is 12.6. The minimum absolute atomic E-state index is 0.190. The van der Waals surface area contributed by atoms with Crippen molar-refractivity contribution < 1.29 is 4.79 Å². The quantitative estimate of drug-likeness (QED) is 0.849. The number of benzene rings is 1. The number of hydrogen-bond donors (Lipinski definition) is 2. The van der Waals surface area contributed by atoms with E-state index in [0.717, 1.165) is 55.3 Å². The van der Waals surface area contributed by atoms with E-state index in [0.29, 0.717) is 12.3 Å².